The van der Waals surface area contributed by atoms with Crippen LogP contribution in [0.5, 0.6) is 0 Å². The summed E-state index contributed by atoms with van der Waals surface area (Å²) in [6.45, 7) is 0. The van der Waals surface area contributed by atoms with Gasteiger partial charge in [-0.25, -0.2) is 8.78 Å². The van der Waals surface area contributed by atoms with Crippen molar-refractivity contribution in [2.75, 3.05) is 0 Å². The fourth-order valence-corrected chi connectivity index (χ4v) is 2.62. The van der Waals surface area contributed by atoms with E-state index in [-0.39, 0.29) is 17.0 Å². The smallest absolute Gasteiger partial charge is 0.127 e. The molecule has 0 bridgehead atoms. The molecule has 19 heavy (non-hydrogen) atoms. The highest BCUT2D eigenvalue weighted by atomic mass is 35.5. The minimum atomic E-state index is -0.520. The fourth-order valence-electron chi connectivity index (χ4n) is 1.85. The molecule has 2 unspecified atom stereocenters. The van der Waals surface area contributed by atoms with Crippen LogP contribution in [0.25, 0.3) is 0 Å². The second-order valence-electron chi connectivity index (χ2n) is 4.24. The van der Waals surface area contributed by atoms with Crippen molar-refractivity contribution in [1.29, 1.82) is 0 Å². The summed E-state index contributed by atoms with van der Waals surface area (Å²) in [5, 5.41) is -0.906. The molecule has 0 aliphatic heterocycles. The zero-order valence-electron chi connectivity index (χ0n) is 9.99. The van der Waals surface area contributed by atoms with Gasteiger partial charge in [0.1, 0.15) is 11.6 Å². The van der Waals surface area contributed by atoms with E-state index < -0.39 is 5.38 Å². The Balaban J connectivity index is 2.08. The van der Waals surface area contributed by atoms with Crippen LogP contribution < -0.4 is 0 Å². The van der Waals surface area contributed by atoms with Gasteiger partial charge in [0.25, 0.3) is 0 Å². The Morgan fingerprint density at radius 2 is 1.47 bits per heavy atom. The molecule has 0 spiro atoms. The Morgan fingerprint density at radius 1 is 0.842 bits per heavy atom. The summed E-state index contributed by atoms with van der Waals surface area (Å²) in [5.74, 6) is -0.658. The van der Waals surface area contributed by atoms with E-state index in [1.165, 1.54) is 18.2 Å². The molecule has 0 N–H and O–H groups in total. The molecule has 0 aliphatic rings. The summed E-state index contributed by atoms with van der Waals surface area (Å²) < 4.78 is 26.4. The van der Waals surface area contributed by atoms with E-state index in [0.717, 1.165) is 5.56 Å². The lowest BCUT2D eigenvalue weighted by molar-refractivity contribution is 0.598. The zero-order valence-corrected chi connectivity index (χ0v) is 11.5. The van der Waals surface area contributed by atoms with E-state index in [4.69, 9.17) is 23.2 Å². The van der Waals surface area contributed by atoms with Crippen LogP contribution in [0.3, 0.4) is 0 Å². The molecular formula is C15H12Cl2F2. The first-order chi connectivity index (χ1) is 9.08. The van der Waals surface area contributed by atoms with Gasteiger partial charge in [-0.1, -0.05) is 30.3 Å². The first-order valence-corrected chi connectivity index (χ1v) is 6.73. The van der Waals surface area contributed by atoms with Crippen LogP contribution in [-0.4, -0.2) is 0 Å². The van der Waals surface area contributed by atoms with Crippen molar-refractivity contribution in [2.45, 2.75) is 17.2 Å². The summed E-state index contributed by atoms with van der Waals surface area (Å²) in [6.07, 6.45) is 0.371. The van der Waals surface area contributed by atoms with E-state index in [1.807, 2.05) is 0 Å². The van der Waals surface area contributed by atoms with Crippen LogP contribution in [0.15, 0.2) is 48.5 Å². The van der Waals surface area contributed by atoms with Crippen molar-refractivity contribution in [2.24, 2.45) is 0 Å². The SMILES string of the molecule is Fc1ccc(C(Cl)CC(Cl)c2ccccc2F)cc1. The van der Waals surface area contributed by atoms with Crippen LogP contribution in [0, 0.1) is 11.6 Å². The summed E-state index contributed by atoms with van der Waals surface area (Å²) in [6, 6.07) is 12.3. The lowest BCUT2D eigenvalue weighted by Gasteiger charge is -2.15. The van der Waals surface area contributed by atoms with Gasteiger partial charge < -0.3 is 0 Å². The standard InChI is InChI=1S/C15H12Cl2F2/c16-13(10-5-7-11(18)8-6-10)9-14(17)12-3-1-2-4-15(12)19/h1-8,13-14H,9H2. The zero-order chi connectivity index (χ0) is 13.8. The molecule has 0 heterocycles. The number of halogens is 4. The first-order valence-electron chi connectivity index (χ1n) is 5.86. The topological polar surface area (TPSA) is 0 Å². The number of benzene rings is 2. The molecule has 100 valence electrons. The Bertz CT molecular complexity index is 540. The molecule has 0 saturated heterocycles. The number of hydrogen-bond acceptors (Lipinski definition) is 0. The Hall–Kier alpha value is -1.12. The molecule has 0 fully saturated rings. The number of rotatable bonds is 4. The second kappa shape index (κ2) is 6.36. The van der Waals surface area contributed by atoms with Gasteiger partial charge in [0.2, 0.25) is 0 Å². The predicted molar refractivity (Wildman–Crippen MR) is 74.6 cm³/mol. The summed E-state index contributed by atoms with van der Waals surface area (Å²) in [4.78, 5) is 0. The molecule has 4 heteroatoms. The van der Waals surface area contributed by atoms with Crippen LogP contribution in [0.2, 0.25) is 0 Å². The highest BCUT2D eigenvalue weighted by molar-refractivity contribution is 6.23. The Kier molecular flexibility index (Phi) is 4.78. The average molecular weight is 301 g/mol. The van der Waals surface area contributed by atoms with E-state index in [2.05, 4.69) is 0 Å². The third-order valence-electron chi connectivity index (χ3n) is 2.89. The van der Waals surface area contributed by atoms with Crippen molar-refractivity contribution in [3.63, 3.8) is 0 Å². The van der Waals surface area contributed by atoms with Crippen LogP contribution >= 0.6 is 23.2 Å². The third kappa shape index (κ3) is 3.68. The number of hydrogen-bond donors (Lipinski definition) is 0. The van der Waals surface area contributed by atoms with Gasteiger partial charge in [-0.15, -0.1) is 23.2 Å². The monoisotopic (exact) mass is 300 g/mol. The fraction of sp³-hybridized carbons (Fsp3) is 0.200. The van der Waals surface area contributed by atoms with Gasteiger partial charge in [-0.2, -0.15) is 0 Å². The Morgan fingerprint density at radius 3 is 2.11 bits per heavy atom. The van der Waals surface area contributed by atoms with Gasteiger partial charge in [0, 0.05) is 5.56 Å². The molecule has 2 atom stereocenters. The molecule has 0 saturated carbocycles. The van der Waals surface area contributed by atoms with Gasteiger partial charge in [-0.3, -0.25) is 0 Å². The second-order valence-corrected chi connectivity index (χ2v) is 5.30. The van der Waals surface area contributed by atoms with E-state index in [1.54, 1.807) is 30.3 Å². The van der Waals surface area contributed by atoms with Crippen molar-refractivity contribution >= 4 is 23.2 Å². The lowest BCUT2D eigenvalue weighted by atomic mass is 10.0. The third-order valence-corrected chi connectivity index (χ3v) is 3.73. The number of alkyl halides is 2. The van der Waals surface area contributed by atoms with E-state index in [0.29, 0.717) is 12.0 Å². The maximum absolute atomic E-state index is 13.6. The van der Waals surface area contributed by atoms with Crippen molar-refractivity contribution in [3.05, 3.63) is 71.3 Å². The molecule has 2 aromatic rings. The maximum atomic E-state index is 13.6. The van der Waals surface area contributed by atoms with Gasteiger partial charge >= 0.3 is 0 Å². The predicted octanol–water partition coefficient (Wildman–Crippen LogP) is 5.61. The minimum absolute atomic E-state index is 0.316. The largest absolute Gasteiger partial charge is 0.207 e. The average Bonchev–Trinajstić information content (AvgIpc) is 2.39. The van der Waals surface area contributed by atoms with Crippen molar-refractivity contribution in [3.8, 4) is 0 Å². The van der Waals surface area contributed by atoms with Crippen LogP contribution in [0.1, 0.15) is 28.3 Å². The molecule has 0 radical (unpaired) electrons. The lowest BCUT2D eigenvalue weighted by Crippen LogP contribution is -2.00. The first kappa shape index (κ1) is 14.3. The van der Waals surface area contributed by atoms with E-state index in [9.17, 15) is 8.78 Å². The highest BCUT2D eigenvalue weighted by Gasteiger charge is 2.18. The van der Waals surface area contributed by atoms with Crippen LogP contribution in [0.4, 0.5) is 8.78 Å². The van der Waals surface area contributed by atoms with E-state index >= 15 is 0 Å². The molecule has 0 amide bonds. The quantitative estimate of drug-likeness (QED) is 0.643. The normalized spacial score (nSPS) is 14.1. The molecular weight excluding hydrogens is 289 g/mol. The Labute approximate surface area is 121 Å². The minimum Gasteiger partial charge on any atom is -0.207 e. The highest BCUT2D eigenvalue weighted by Crippen LogP contribution is 2.36. The molecule has 0 aliphatic carbocycles. The van der Waals surface area contributed by atoms with Gasteiger partial charge in [0.15, 0.2) is 0 Å². The summed E-state index contributed by atoms with van der Waals surface area (Å²) in [5.41, 5.74) is 1.20. The molecule has 0 aromatic heterocycles. The molecule has 0 nitrogen and oxygen atoms in total. The van der Waals surface area contributed by atoms with Crippen molar-refractivity contribution in [1.82, 2.24) is 0 Å². The van der Waals surface area contributed by atoms with Gasteiger partial charge in [0.05, 0.1) is 10.8 Å². The summed E-state index contributed by atoms with van der Waals surface area (Å²) in [7, 11) is 0. The van der Waals surface area contributed by atoms with Crippen molar-refractivity contribution < 1.29 is 8.78 Å². The van der Waals surface area contributed by atoms with Gasteiger partial charge in [-0.05, 0) is 30.2 Å². The van der Waals surface area contributed by atoms with Crippen LogP contribution in [-0.2, 0) is 0 Å². The molecule has 2 rings (SSSR count). The summed E-state index contributed by atoms with van der Waals surface area (Å²) >= 11 is 12.4. The molecule has 2 aromatic carbocycles. The maximum Gasteiger partial charge on any atom is 0.127 e.